The number of nitrogens with two attached hydrogens (primary N) is 1. The highest BCUT2D eigenvalue weighted by atomic mass is 79.9. The van der Waals surface area contributed by atoms with Crippen molar-refractivity contribution in [2.24, 2.45) is 0 Å². The van der Waals surface area contributed by atoms with Crippen LogP contribution >= 0.6 is 15.9 Å². The minimum absolute atomic E-state index is 0.270. The summed E-state index contributed by atoms with van der Waals surface area (Å²) >= 11 is 3.14. The predicted molar refractivity (Wildman–Crippen MR) is 73.1 cm³/mol. The van der Waals surface area contributed by atoms with Crippen LogP contribution in [0.15, 0.2) is 35.1 Å². The molecule has 0 atom stereocenters. The summed E-state index contributed by atoms with van der Waals surface area (Å²) in [4.78, 5) is 11.8. The number of hydrogen-bond donors (Lipinski definition) is 2. The van der Waals surface area contributed by atoms with E-state index in [0.717, 1.165) is 0 Å². The Morgan fingerprint density at radius 3 is 2.89 bits per heavy atom. The topological polar surface area (TPSA) is 72.9 Å². The first-order chi connectivity index (χ1) is 9.04. The average molecular weight is 327 g/mol. The quantitative estimate of drug-likeness (QED) is 0.899. The molecule has 0 saturated heterocycles. The number of carbonyl (C=O) groups is 1. The van der Waals surface area contributed by atoms with E-state index < -0.39 is 5.82 Å². The van der Waals surface area contributed by atoms with Crippen molar-refractivity contribution in [3.8, 4) is 0 Å². The van der Waals surface area contributed by atoms with E-state index in [-0.39, 0.29) is 11.5 Å². The van der Waals surface area contributed by atoms with Gasteiger partial charge in [-0.05, 0) is 18.2 Å². The SMILES string of the molecule is Nc1cnn(CCNC(=O)c2cc(F)cc(Br)c2)c1. The Hall–Kier alpha value is -1.89. The Kier molecular flexibility index (Phi) is 4.16. The van der Waals surface area contributed by atoms with Crippen LogP contribution in [0.4, 0.5) is 10.1 Å². The fourth-order valence-corrected chi connectivity index (χ4v) is 2.04. The second-order valence-corrected chi connectivity index (χ2v) is 4.87. The third kappa shape index (κ3) is 3.78. The van der Waals surface area contributed by atoms with Gasteiger partial charge in [0.2, 0.25) is 0 Å². The monoisotopic (exact) mass is 326 g/mol. The van der Waals surface area contributed by atoms with Gasteiger partial charge in [-0.1, -0.05) is 15.9 Å². The third-order valence-electron chi connectivity index (χ3n) is 2.40. The van der Waals surface area contributed by atoms with E-state index >= 15 is 0 Å². The smallest absolute Gasteiger partial charge is 0.251 e. The van der Waals surface area contributed by atoms with Crippen LogP contribution in [0, 0.1) is 5.82 Å². The molecule has 7 heteroatoms. The molecule has 1 aromatic heterocycles. The molecule has 0 radical (unpaired) electrons. The first kappa shape index (κ1) is 13.5. The van der Waals surface area contributed by atoms with E-state index in [2.05, 4.69) is 26.3 Å². The molecule has 2 aromatic rings. The van der Waals surface area contributed by atoms with Crippen molar-refractivity contribution < 1.29 is 9.18 Å². The lowest BCUT2D eigenvalue weighted by atomic mass is 10.2. The summed E-state index contributed by atoms with van der Waals surface area (Å²) in [6.07, 6.45) is 3.20. The molecule has 0 unspecified atom stereocenters. The molecular formula is C12H12BrFN4O. The highest BCUT2D eigenvalue weighted by Crippen LogP contribution is 2.14. The lowest BCUT2D eigenvalue weighted by Gasteiger charge is -2.06. The van der Waals surface area contributed by atoms with E-state index in [0.29, 0.717) is 23.2 Å². The molecule has 3 N–H and O–H groups in total. The zero-order valence-corrected chi connectivity index (χ0v) is 11.5. The Morgan fingerprint density at radius 1 is 1.47 bits per heavy atom. The second kappa shape index (κ2) is 5.83. The van der Waals surface area contributed by atoms with E-state index in [1.54, 1.807) is 16.9 Å². The van der Waals surface area contributed by atoms with Crippen LogP contribution in [-0.2, 0) is 6.54 Å². The van der Waals surface area contributed by atoms with E-state index in [4.69, 9.17) is 5.73 Å². The number of rotatable bonds is 4. The molecule has 1 amide bonds. The normalized spacial score (nSPS) is 10.4. The maximum atomic E-state index is 13.1. The van der Waals surface area contributed by atoms with Crippen LogP contribution in [0.3, 0.4) is 0 Å². The van der Waals surface area contributed by atoms with Gasteiger partial charge in [-0.2, -0.15) is 5.10 Å². The van der Waals surface area contributed by atoms with Crippen molar-refractivity contribution in [3.05, 3.63) is 46.4 Å². The molecule has 19 heavy (non-hydrogen) atoms. The van der Waals surface area contributed by atoms with Crippen molar-refractivity contribution in [2.75, 3.05) is 12.3 Å². The minimum atomic E-state index is -0.459. The summed E-state index contributed by atoms with van der Waals surface area (Å²) in [7, 11) is 0. The van der Waals surface area contributed by atoms with Crippen LogP contribution in [0.1, 0.15) is 10.4 Å². The number of nitrogens with one attached hydrogen (secondary N) is 1. The molecular weight excluding hydrogens is 315 g/mol. The molecule has 0 fully saturated rings. The molecule has 0 spiro atoms. The Morgan fingerprint density at radius 2 is 2.26 bits per heavy atom. The van der Waals surface area contributed by atoms with Crippen molar-refractivity contribution in [2.45, 2.75) is 6.54 Å². The zero-order valence-electron chi connectivity index (χ0n) is 9.94. The standard InChI is InChI=1S/C12H12BrFN4O/c13-9-3-8(4-10(14)5-9)12(19)16-1-2-18-7-11(15)6-17-18/h3-7H,1-2,15H2,(H,16,19). The van der Waals surface area contributed by atoms with Crippen molar-refractivity contribution in [1.29, 1.82) is 0 Å². The number of halogens is 2. The Bertz CT molecular complexity index is 579. The summed E-state index contributed by atoms with van der Waals surface area (Å²) in [6.45, 7) is 0.882. The summed E-state index contributed by atoms with van der Waals surface area (Å²) in [5.74, 6) is -0.792. The van der Waals surface area contributed by atoms with Gasteiger partial charge in [-0.25, -0.2) is 4.39 Å². The molecule has 0 aliphatic rings. The molecule has 0 saturated carbocycles. The molecule has 5 nitrogen and oxygen atoms in total. The van der Waals surface area contributed by atoms with Gasteiger partial charge in [0, 0.05) is 22.8 Å². The number of amides is 1. The highest BCUT2D eigenvalue weighted by molar-refractivity contribution is 9.10. The van der Waals surface area contributed by atoms with Gasteiger partial charge < -0.3 is 11.1 Å². The number of hydrogen-bond acceptors (Lipinski definition) is 3. The van der Waals surface area contributed by atoms with Crippen molar-refractivity contribution in [3.63, 3.8) is 0 Å². The largest absolute Gasteiger partial charge is 0.396 e. The summed E-state index contributed by atoms with van der Waals surface area (Å²) in [5, 5.41) is 6.67. The maximum absolute atomic E-state index is 13.1. The third-order valence-corrected chi connectivity index (χ3v) is 2.86. The molecule has 0 aliphatic heterocycles. The van der Waals surface area contributed by atoms with Crippen molar-refractivity contribution in [1.82, 2.24) is 15.1 Å². The van der Waals surface area contributed by atoms with Crippen molar-refractivity contribution >= 4 is 27.5 Å². The fraction of sp³-hybridized carbons (Fsp3) is 0.167. The molecule has 1 aromatic carbocycles. The number of benzene rings is 1. The predicted octanol–water partition coefficient (Wildman–Crippen LogP) is 1.80. The average Bonchev–Trinajstić information content (AvgIpc) is 2.73. The molecule has 0 aliphatic carbocycles. The molecule has 0 bridgehead atoms. The zero-order chi connectivity index (χ0) is 13.8. The minimum Gasteiger partial charge on any atom is -0.396 e. The summed E-state index contributed by atoms with van der Waals surface area (Å²) < 4.78 is 15.3. The molecule has 100 valence electrons. The van der Waals surface area contributed by atoms with Gasteiger partial charge in [-0.15, -0.1) is 0 Å². The number of anilines is 1. The lowest BCUT2D eigenvalue weighted by Crippen LogP contribution is -2.27. The number of aromatic nitrogens is 2. The lowest BCUT2D eigenvalue weighted by molar-refractivity contribution is 0.0951. The van der Waals surface area contributed by atoms with E-state index in [1.807, 2.05) is 0 Å². The second-order valence-electron chi connectivity index (χ2n) is 3.95. The summed E-state index contributed by atoms with van der Waals surface area (Å²) in [5.41, 5.74) is 6.36. The Balaban J connectivity index is 1.90. The van der Waals surface area contributed by atoms with Crippen LogP contribution in [-0.4, -0.2) is 22.2 Å². The van der Waals surface area contributed by atoms with Gasteiger partial charge in [0.25, 0.3) is 5.91 Å². The van der Waals surface area contributed by atoms with Crippen LogP contribution in [0.5, 0.6) is 0 Å². The number of nitrogens with zero attached hydrogens (tertiary/aromatic N) is 2. The molecule has 2 rings (SSSR count). The van der Waals surface area contributed by atoms with Gasteiger partial charge >= 0.3 is 0 Å². The van der Waals surface area contributed by atoms with Crippen LogP contribution in [0.2, 0.25) is 0 Å². The first-order valence-corrected chi connectivity index (χ1v) is 6.36. The van der Waals surface area contributed by atoms with Crippen LogP contribution < -0.4 is 11.1 Å². The highest BCUT2D eigenvalue weighted by Gasteiger charge is 2.07. The van der Waals surface area contributed by atoms with Crippen LogP contribution in [0.25, 0.3) is 0 Å². The Labute approximate surface area is 117 Å². The first-order valence-electron chi connectivity index (χ1n) is 5.57. The van der Waals surface area contributed by atoms with Gasteiger partial charge in [0.05, 0.1) is 18.4 Å². The van der Waals surface area contributed by atoms with Gasteiger partial charge in [0.1, 0.15) is 5.82 Å². The van der Waals surface area contributed by atoms with E-state index in [1.165, 1.54) is 18.3 Å². The van der Waals surface area contributed by atoms with Gasteiger partial charge in [0.15, 0.2) is 0 Å². The number of nitrogen functional groups attached to an aromatic ring is 1. The van der Waals surface area contributed by atoms with Gasteiger partial charge in [-0.3, -0.25) is 9.48 Å². The number of carbonyl (C=O) groups excluding carboxylic acids is 1. The van der Waals surface area contributed by atoms with E-state index in [9.17, 15) is 9.18 Å². The summed E-state index contributed by atoms with van der Waals surface area (Å²) in [6, 6.07) is 4.04. The fourth-order valence-electron chi connectivity index (χ4n) is 1.57. The molecule has 1 heterocycles. The maximum Gasteiger partial charge on any atom is 0.251 e.